The van der Waals surface area contributed by atoms with Gasteiger partial charge >= 0.3 is 0 Å². The molecule has 1 aromatic carbocycles. The summed E-state index contributed by atoms with van der Waals surface area (Å²) >= 11 is 1.79. The minimum absolute atomic E-state index is 0.172. The van der Waals surface area contributed by atoms with Gasteiger partial charge in [-0.15, -0.1) is 11.8 Å². The zero-order valence-electron chi connectivity index (χ0n) is 11.6. The molecule has 0 saturated carbocycles. The predicted molar refractivity (Wildman–Crippen MR) is 78.3 cm³/mol. The van der Waals surface area contributed by atoms with E-state index in [9.17, 15) is 9.18 Å². The molecule has 1 saturated heterocycles. The molecule has 2 aliphatic heterocycles. The third-order valence-electron chi connectivity index (χ3n) is 4.07. The van der Waals surface area contributed by atoms with Crippen molar-refractivity contribution in [3.63, 3.8) is 0 Å². The van der Waals surface area contributed by atoms with Crippen LogP contribution in [0.4, 0.5) is 4.39 Å². The molecule has 2 atom stereocenters. The van der Waals surface area contributed by atoms with Gasteiger partial charge in [0.25, 0.3) is 0 Å². The molecule has 0 spiro atoms. The molecule has 20 heavy (non-hydrogen) atoms. The topological polar surface area (TPSA) is 32.3 Å². The number of carbonyl (C=O) groups is 1. The van der Waals surface area contributed by atoms with Crippen molar-refractivity contribution >= 4 is 17.7 Å². The van der Waals surface area contributed by atoms with E-state index >= 15 is 0 Å². The average Bonchev–Trinajstić information content (AvgIpc) is 2.44. The minimum atomic E-state index is -0.172. The Balaban J connectivity index is 1.73. The van der Waals surface area contributed by atoms with E-state index in [1.54, 1.807) is 22.7 Å². The van der Waals surface area contributed by atoms with E-state index in [0.29, 0.717) is 12.5 Å². The van der Waals surface area contributed by atoms with E-state index in [2.05, 4.69) is 5.32 Å². The van der Waals surface area contributed by atoms with Crippen LogP contribution in [0.3, 0.4) is 0 Å². The van der Waals surface area contributed by atoms with Crippen LogP contribution >= 0.6 is 11.8 Å². The second-order valence-corrected chi connectivity index (χ2v) is 6.69. The highest BCUT2D eigenvalue weighted by molar-refractivity contribution is 7.99. The van der Waals surface area contributed by atoms with Crippen molar-refractivity contribution in [2.45, 2.75) is 36.2 Å². The fourth-order valence-electron chi connectivity index (χ4n) is 2.97. The van der Waals surface area contributed by atoms with Gasteiger partial charge in [0.05, 0.1) is 0 Å². The highest BCUT2D eigenvalue weighted by Gasteiger charge is 2.28. The smallest absolute Gasteiger partial charge is 0.222 e. The van der Waals surface area contributed by atoms with Crippen molar-refractivity contribution in [3.8, 4) is 0 Å². The number of nitrogens with one attached hydrogen (secondary N) is 1. The number of amides is 1. The number of hydrogen-bond acceptors (Lipinski definition) is 3. The Morgan fingerprint density at radius 3 is 3.05 bits per heavy atom. The van der Waals surface area contributed by atoms with Crippen molar-refractivity contribution in [1.29, 1.82) is 0 Å². The molecule has 1 N–H and O–H groups in total. The molecule has 0 aromatic heterocycles. The summed E-state index contributed by atoms with van der Waals surface area (Å²) in [6, 6.07) is 5.56. The van der Waals surface area contributed by atoms with Gasteiger partial charge in [0.1, 0.15) is 5.82 Å². The number of hydrogen-bond donors (Lipinski definition) is 1. The molecule has 5 heteroatoms. The number of thioether (sulfide) groups is 1. The van der Waals surface area contributed by atoms with Gasteiger partial charge < -0.3 is 10.2 Å². The van der Waals surface area contributed by atoms with Crippen LogP contribution in [0.5, 0.6) is 0 Å². The maximum atomic E-state index is 13.5. The summed E-state index contributed by atoms with van der Waals surface area (Å²) in [5.74, 6) is 1.10. The maximum absolute atomic E-state index is 13.5. The fourth-order valence-corrected chi connectivity index (χ4v) is 4.08. The maximum Gasteiger partial charge on any atom is 0.222 e. The summed E-state index contributed by atoms with van der Waals surface area (Å²) in [6.45, 7) is 0.743. The first-order chi connectivity index (χ1) is 9.63. The summed E-state index contributed by atoms with van der Waals surface area (Å²) < 4.78 is 13.5. The van der Waals surface area contributed by atoms with Crippen molar-refractivity contribution in [2.75, 3.05) is 19.3 Å². The van der Waals surface area contributed by atoms with Crippen LogP contribution in [0.2, 0.25) is 0 Å². The lowest BCUT2D eigenvalue weighted by molar-refractivity contribution is -0.132. The normalized spacial score (nSPS) is 26.5. The number of fused-ring (bicyclic) bond motifs is 1. The van der Waals surface area contributed by atoms with Crippen LogP contribution in [-0.2, 0) is 4.79 Å². The molecule has 1 fully saturated rings. The van der Waals surface area contributed by atoms with Crippen molar-refractivity contribution in [2.24, 2.45) is 0 Å². The first-order valence-electron chi connectivity index (χ1n) is 7.06. The van der Waals surface area contributed by atoms with Crippen LogP contribution in [-0.4, -0.2) is 36.2 Å². The number of likely N-dealkylation sites (tertiary alicyclic amines) is 1. The number of carbonyl (C=O) groups excluding carboxylic acids is 1. The van der Waals surface area contributed by atoms with E-state index in [-0.39, 0.29) is 17.8 Å². The van der Waals surface area contributed by atoms with Gasteiger partial charge in [0.2, 0.25) is 5.91 Å². The lowest BCUT2D eigenvalue weighted by Crippen LogP contribution is -2.48. The molecule has 2 aliphatic rings. The Bertz CT molecular complexity index is 523. The summed E-state index contributed by atoms with van der Waals surface area (Å²) in [5.41, 5.74) is 1.07. The number of halogens is 1. The zero-order valence-corrected chi connectivity index (χ0v) is 12.4. The third-order valence-corrected chi connectivity index (χ3v) is 5.20. The molecule has 3 rings (SSSR count). The van der Waals surface area contributed by atoms with Gasteiger partial charge in [-0.1, -0.05) is 0 Å². The second kappa shape index (κ2) is 5.74. The average molecular weight is 294 g/mol. The Kier molecular flexibility index (Phi) is 3.98. The standard InChI is InChI=1S/C15H19FN2OS/c1-18-9-11(3-5-15(18)19)17-13-6-7-20-14-4-2-10(16)8-12(13)14/h2,4,8,11,13,17H,3,5-7,9H2,1H3. The Morgan fingerprint density at radius 1 is 1.40 bits per heavy atom. The first kappa shape index (κ1) is 13.9. The molecule has 3 nitrogen and oxygen atoms in total. The molecular weight excluding hydrogens is 275 g/mol. The SMILES string of the molecule is CN1CC(NC2CCSc3ccc(F)cc32)CCC1=O. The number of likely N-dealkylation sites (N-methyl/N-ethyl adjacent to an activating group) is 1. The van der Waals surface area contributed by atoms with Gasteiger partial charge in [-0.05, 0) is 42.4 Å². The van der Waals surface area contributed by atoms with Crippen LogP contribution in [0.1, 0.15) is 30.9 Å². The molecule has 1 aromatic rings. The van der Waals surface area contributed by atoms with Gasteiger partial charge in [-0.25, -0.2) is 4.39 Å². The number of rotatable bonds is 2. The first-order valence-corrected chi connectivity index (χ1v) is 8.04. The van der Waals surface area contributed by atoms with E-state index in [1.165, 1.54) is 11.0 Å². The van der Waals surface area contributed by atoms with Crippen molar-refractivity contribution in [3.05, 3.63) is 29.6 Å². The lowest BCUT2D eigenvalue weighted by atomic mass is 9.99. The monoisotopic (exact) mass is 294 g/mol. The quantitative estimate of drug-likeness (QED) is 0.910. The van der Waals surface area contributed by atoms with Crippen LogP contribution in [0.15, 0.2) is 23.1 Å². The van der Waals surface area contributed by atoms with Crippen LogP contribution < -0.4 is 5.32 Å². The Hall–Kier alpha value is -1.07. The molecule has 0 aliphatic carbocycles. The van der Waals surface area contributed by atoms with Gasteiger partial charge in [-0.2, -0.15) is 0 Å². The number of nitrogens with zero attached hydrogens (tertiary/aromatic N) is 1. The highest BCUT2D eigenvalue weighted by atomic mass is 32.2. The largest absolute Gasteiger partial charge is 0.344 e. The van der Waals surface area contributed by atoms with Crippen LogP contribution in [0.25, 0.3) is 0 Å². The summed E-state index contributed by atoms with van der Waals surface area (Å²) in [7, 11) is 1.85. The Labute approximate surface area is 122 Å². The van der Waals surface area contributed by atoms with Gasteiger partial charge in [0, 0.05) is 37.0 Å². The second-order valence-electron chi connectivity index (χ2n) is 5.55. The Morgan fingerprint density at radius 2 is 2.25 bits per heavy atom. The molecule has 2 heterocycles. The molecular formula is C15H19FN2OS. The summed E-state index contributed by atoms with van der Waals surface area (Å²) in [6.07, 6.45) is 2.48. The number of benzene rings is 1. The van der Waals surface area contributed by atoms with E-state index < -0.39 is 0 Å². The molecule has 108 valence electrons. The van der Waals surface area contributed by atoms with E-state index in [4.69, 9.17) is 0 Å². The summed E-state index contributed by atoms with van der Waals surface area (Å²) in [5, 5.41) is 3.62. The number of piperidine rings is 1. The van der Waals surface area contributed by atoms with Crippen molar-refractivity contribution in [1.82, 2.24) is 10.2 Å². The van der Waals surface area contributed by atoms with Gasteiger partial charge in [0.15, 0.2) is 0 Å². The lowest BCUT2D eigenvalue weighted by Gasteiger charge is -2.35. The third kappa shape index (κ3) is 2.83. The van der Waals surface area contributed by atoms with Crippen LogP contribution in [0, 0.1) is 5.82 Å². The fraction of sp³-hybridized carbons (Fsp3) is 0.533. The molecule has 0 bridgehead atoms. The molecule has 0 radical (unpaired) electrons. The van der Waals surface area contributed by atoms with Crippen molar-refractivity contribution < 1.29 is 9.18 Å². The van der Waals surface area contributed by atoms with Gasteiger partial charge in [-0.3, -0.25) is 4.79 Å². The highest BCUT2D eigenvalue weighted by Crippen LogP contribution is 2.37. The molecule has 2 unspecified atom stereocenters. The van der Waals surface area contributed by atoms with E-state index in [1.807, 2.05) is 13.1 Å². The van der Waals surface area contributed by atoms with E-state index in [0.717, 1.165) is 30.7 Å². The minimum Gasteiger partial charge on any atom is -0.344 e. The summed E-state index contributed by atoms with van der Waals surface area (Å²) in [4.78, 5) is 14.5. The predicted octanol–water partition coefficient (Wildman–Crippen LogP) is 2.57. The zero-order chi connectivity index (χ0) is 14.1. The molecule has 1 amide bonds.